The number of piperidine rings is 1. The number of rotatable bonds is 10. The fourth-order valence-electron chi connectivity index (χ4n) is 4.66. The van der Waals surface area contributed by atoms with Crippen LogP contribution in [0.25, 0.3) is 0 Å². The summed E-state index contributed by atoms with van der Waals surface area (Å²) in [6.45, 7) is 21.2. The highest BCUT2D eigenvalue weighted by atomic mass is 16.5. The molecule has 0 aliphatic carbocycles. The lowest BCUT2D eigenvalue weighted by Gasteiger charge is -2.42. The second-order valence-corrected chi connectivity index (χ2v) is 11.8. The smallest absolute Gasteiger partial charge is 0.333 e. The third-order valence-corrected chi connectivity index (χ3v) is 7.23. The van der Waals surface area contributed by atoms with Crippen molar-refractivity contribution in [1.82, 2.24) is 15.1 Å². The van der Waals surface area contributed by atoms with E-state index in [1.165, 1.54) is 0 Å². The first-order chi connectivity index (χ1) is 16.1. The number of esters is 1. The third-order valence-electron chi connectivity index (χ3n) is 7.23. The maximum Gasteiger partial charge on any atom is 0.333 e. The number of nitrogens with one attached hydrogen (secondary N) is 1. The average Bonchev–Trinajstić information content (AvgIpc) is 2.78. The molecule has 0 spiro atoms. The lowest BCUT2D eigenvalue weighted by atomic mass is 9.84. The minimum atomic E-state index is -0.685. The summed E-state index contributed by atoms with van der Waals surface area (Å²) < 4.78 is 5.12. The summed E-state index contributed by atoms with van der Waals surface area (Å²) in [5, 5.41) is 3.14. The van der Waals surface area contributed by atoms with Crippen LogP contribution in [-0.4, -0.2) is 72.0 Å². The van der Waals surface area contributed by atoms with Gasteiger partial charge in [0.1, 0.15) is 6.04 Å². The molecule has 1 heterocycles. The molecule has 4 atom stereocenters. The fraction of sp³-hybridized carbons (Fsp3) is 0.821. The number of hydrogen-bond acceptors (Lipinski definition) is 5. The van der Waals surface area contributed by atoms with Crippen molar-refractivity contribution in [3.05, 3.63) is 11.6 Å². The standard InChI is InChI=1S/C28H51N3O4/c1-12-35-27(34)20(6)17-23(19(4)5)30(11)26(33)24(28(8,9)10)29-25(32)22-15-13-14-16-31(22)21(7)18(2)3/h17-19,21-24H,12-16H2,1-11H3,(H,29,32)/b20-17+/t21?,22?,23-,24-/m1/s1. The first kappa shape index (κ1) is 31.1. The molecule has 0 aromatic rings. The first-order valence-electron chi connectivity index (χ1n) is 13.3. The third kappa shape index (κ3) is 8.62. The van der Waals surface area contributed by atoms with Crippen LogP contribution >= 0.6 is 0 Å². The quantitative estimate of drug-likeness (QED) is 0.360. The molecule has 2 amide bonds. The lowest BCUT2D eigenvalue weighted by Crippen LogP contribution is -2.61. The van der Waals surface area contributed by atoms with E-state index in [0.29, 0.717) is 24.1 Å². The zero-order valence-corrected chi connectivity index (χ0v) is 24.1. The second-order valence-electron chi connectivity index (χ2n) is 11.8. The molecule has 0 bridgehead atoms. The van der Waals surface area contributed by atoms with Gasteiger partial charge in [-0.25, -0.2) is 4.79 Å². The van der Waals surface area contributed by atoms with Crippen LogP contribution in [0.5, 0.6) is 0 Å². The van der Waals surface area contributed by atoms with E-state index in [9.17, 15) is 14.4 Å². The Kier molecular flexibility index (Phi) is 11.9. The van der Waals surface area contributed by atoms with Crippen LogP contribution in [0.4, 0.5) is 0 Å². The van der Waals surface area contributed by atoms with Crippen LogP contribution in [0.1, 0.15) is 88.5 Å². The van der Waals surface area contributed by atoms with Crippen molar-refractivity contribution in [1.29, 1.82) is 0 Å². The number of likely N-dealkylation sites (tertiary alicyclic amines) is 1. The van der Waals surface area contributed by atoms with E-state index in [1.807, 2.05) is 34.6 Å². The van der Waals surface area contributed by atoms with Gasteiger partial charge >= 0.3 is 5.97 Å². The topological polar surface area (TPSA) is 79.0 Å². The van der Waals surface area contributed by atoms with Crippen LogP contribution in [0.15, 0.2) is 11.6 Å². The lowest BCUT2D eigenvalue weighted by molar-refractivity contribution is -0.142. The van der Waals surface area contributed by atoms with Crippen molar-refractivity contribution in [2.75, 3.05) is 20.2 Å². The maximum absolute atomic E-state index is 13.8. The Bertz CT molecular complexity index is 754. The van der Waals surface area contributed by atoms with Gasteiger partial charge in [-0.3, -0.25) is 14.5 Å². The van der Waals surface area contributed by atoms with E-state index in [0.717, 1.165) is 25.8 Å². The van der Waals surface area contributed by atoms with Crippen molar-refractivity contribution in [3.8, 4) is 0 Å². The molecular formula is C28H51N3O4. The van der Waals surface area contributed by atoms with Gasteiger partial charge in [0.2, 0.25) is 11.8 Å². The van der Waals surface area contributed by atoms with Gasteiger partial charge in [-0.05, 0) is 57.4 Å². The van der Waals surface area contributed by atoms with Crippen LogP contribution in [0, 0.1) is 17.3 Å². The molecule has 1 aliphatic rings. The molecule has 0 aromatic heterocycles. The molecular weight excluding hydrogens is 442 g/mol. The minimum Gasteiger partial charge on any atom is -0.463 e. The normalized spacial score (nSPS) is 20.4. The first-order valence-corrected chi connectivity index (χ1v) is 13.3. The molecule has 1 N–H and O–H groups in total. The number of nitrogens with zero attached hydrogens (tertiary/aromatic N) is 2. The summed E-state index contributed by atoms with van der Waals surface area (Å²) in [4.78, 5) is 43.5. The molecule has 0 aromatic carbocycles. The Hall–Kier alpha value is -1.89. The zero-order chi connectivity index (χ0) is 27.1. The molecule has 1 aliphatic heterocycles. The fourth-order valence-corrected chi connectivity index (χ4v) is 4.66. The summed E-state index contributed by atoms with van der Waals surface area (Å²) in [6.07, 6.45) is 4.71. The van der Waals surface area contributed by atoms with Gasteiger partial charge in [0, 0.05) is 18.7 Å². The Labute approximate surface area is 214 Å². The van der Waals surface area contributed by atoms with E-state index < -0.39 is 11.5 Å². The Morgan fingerprint density at radius 3 is 2.17 bits per heavy atom. The van der Waals surface area contributed by atoms with Crippen molar-refractivity contribution < 1.29 is 19.1 Å². The highest BCUT2D eigenvalue weighted by Crippen LogP contribution is 2.27. The maximum atomic E-state index is 13.8. The van der Waals surface area contributed by atoms with E-state index in [-0.39, 0.29) is 35.8 Å². The molecule has 1 fully saturated rings. The van der Waals surface area contributed by atoms with Gasteiger partial charge < -0.3 is 15.0 Å². The number of carbonyl (C=O) groups excluding carboxylic acids is 3. The second kappa shape index (κ2) is 13.4. The van der Waals surface area contributed by atoms with Crippen LogP contribution < -0.4 is 5.32 Å². The molecule has 7 nitrogen and oxygen atoms in total. The van der Waals surface area contributed by atoms with Crippen molar-refractivity contribution in [3.63, 3.8) is 0 Å². The van der Waals surface area contributed by atoms with Gasteiger partial charge in [-0.2, -0.15) is 0 Å². The van der Waals surface area contributed by atoms with Gasteiger partial charge in [0.05, 0.1) is 18.7 Å². The average molecular weight is 494 g/mol. The van der Waals surface area contributed by atoms with Crippen LogP contribution in [-0.2, 0) is 19.1 Å². The molecule has 0 saturated carbocycles. The number of amides is 2. The molecule has 7 heteroatoms. The van der Waals surface area contributed by atoms with Crippen LogP contribution in [0.3, 0.4) is 0 Å². The summed E-state index contributed by atoms with van der Waals surface area (Å²) in [7, 11) is 1.75. The molecule has 202 valence electrons. The molecule has 2 unspecified atom stereocenters. The van der Waals surface area contributed by atoms with E-state index in [1.54, 1.807) is 31.9 Å². The van der Waals surface area contributed by atoms with Crippen molar-refractivity contribution >= 4 is 17.8 Å². The Morgan fingerprint density at radius 2 is 1.69 bits per heavy atom. The highest BCUT2D eigenvalue weighted by molar-refractivity contribution is 5.91. The van der Waals surface area contributed by atoms with Gasteiger partial charge in [-0.15, -0.1) is 0 Å². The Morgan fingerprint density at radius 1 is 1.09 bits per heavy atom. The predicted octanol–water partition coefficient (Wildman–Crippen LogP) is 4.41. The van der Waals surface area contributed by atoms with Crippen molar-refractivity contribution in [2.24, 2.45) is 17.3 Å². The SMILES string of the molecule is CCOC(=O)/C(C)=C/[C@H](C(C)C)N(C)C(=O)[C@@H](NC(=O)C1CCCCN1C(C)C(C)C)C(C)(C)C. The van der Waals surface area contributed by atoms with Gasteiger partial charge in [0.15, 0.2) is 0 Å². The van der Waals surface area contributed by atoms with Crippen LogP contribution in [0.2, 0.25) is 0 Å². The van der Waals surface area contributed by atoms with Gasteiger partial charge in [0.25, 0.3) is 0 Å². The summed E-state index contributed by atoms with van der Waals surface area (Å²) in [5.74, 6) is -0.0903. The van der Waals surface area contributed by atoms with E-state index in [2.05, 4.69) is 31.0 Å². The Balaban J connectivity index is 3.19. The van der Waals surface area contributed by atoms with E-state index in [4.69, 9.17) is 4.74 Å². The number of hydrogen-bond donors (Lipinski definition) is 1. The molecule has 0 radical (unpaired) electrons. The summed E-state index contributed by atoms with van der Waals surface area (Å²) in [6, 6.07) is -0.925. The summed E-state index contributed by atoms with van der Waals surface area (Å²) >= 11 is 0. The molecule has 1 saturated heterocycles. The highest BCUT2D eigenvalue weighted by Gasteiger charge is 2.40. The predicted molar refractivity (Wildman–Crippen MR) is 142 cm³/mol. The van der Waals surface area contributed by atoms with Crippen molar-refractivity contribution in [2.45, 2.75) is 113 Å². The van der Waals surface area contributed by atoms with Gasteiger partial charge in [-0.1, -0.05) is 61.0 Å². The monoisotopic (exact) mass is 493 g/mol. The van der Waals surface area contributed by atoms with E-state index >= 15 is 0 Å². The minimum absolute atomic E-state index is 0.0711. The number of ether oxygens (including phenoxy) is 1. The largest absolute Gasteiger partial charge is 0.463 e. The summed E-state index contributed by atoms with van der Waals surface area (Å²) in [5.41, 5.74) is -0.00643. The molecule has 1 rings (SSSR count). The number of carbonyl (C=O) groups is 3. The molecule has 35 heavy (non-hydrogen) atoms. The number of likely N-dealkylation sites (N-methyl/N-ethyl adjacent to an activating group) is 1. The zero-order valence-electron chi connectivity index (χ0n) is 24.1.